The highest BCUT2D eigenvalue weighted by molar-refractivity contribution is 5.97. The predicted molar refractivity (Wildman–Crippen MR) is 89.1 cm³/mol. The van der Waals surface area contributed by atoms with Gasteiger partial charge in [0.15, 0.2) is 5.96 Å². The summed E-state index contributed by atoms with van der Waals surface area (Å²) in [5.74, 6) is 1.04. The van der Waals surface area contributed by atoms with E-state index in [0.29, 0.717) is 0 Å². The molecule has 1 aromatic rings. The summed E-state index contributed by atoms with van der Waals surface area (Å²) in [7, 11) is 0. The molecular formula is C17H26N4. The maximum absolute atomic E-state index is 4.85. The van der Waals surface area contributed by atoms with Crippen LogP contribution in [0.1, 0.15) is 25.3 Å². The molecule has 0 unspecified atom stereocenters. The van der Waals surface area contributed by atoms with Crippen molar-refractivity contribution in [2.24, 2.45) is 4.99 Å². The van der Waals surface area contributed by atoms with Crippen LogP contribution in [0, 0.1) is 0 Å². The molecule has 0 saturated carbocycles. The number of hydrogen-bond donors (Lipinski definition) is 1. The second-order valence-electron chi connectivity index (χ2n) is 5.81. The Hall–Kier alpha value is -1.55. The Morgan fingerprint density at radius 1 is 1.19 bits per heavy atom. The van der Waals surface area contributed by atoms with E-state index < -0.39 is 0 Å². The number of nitrogens with zero attached hydrogens (tertiary/aromatic N) is 3. The number of benzene rings is 1. The molecule has 0 amide bonds. The Balaban J connectivity index is 1.66. The van der Waals surface area contributed by atoms with E-state index in [1.165, 1.54) is 37.2 Å². The van der Waals surface area contributed by atoms with Crippen LogP contribution in [0.25, 0.3) is 0 Å². The minimum atomic E-state index is 0.890. The molecule has 1 fully saturated rings. The Bertz CT molecular complexity index is 491. The van der Waals surface area contributed by atoms with E-state index in [1.54, 1.807) is 0 Å². The van der Waals surface area contributed by atoms with Crippen LogP contribution in [0.3, 0.4) is 0 Å². The molecule has 0 radical (unpaired) electrons. The van der Waals surface area contributed by atoms with Gasteiger partial charge in [0.25, 0.3) is 0 Å². The second kappa shape index (κ2) is 6.94. The molecule has 1 saturated heterocycles. The van der Waals surface area contributed by atoms with Gasteiger partial charge in [0.05, 0.1) is 6.54 Å². The molecule has 4 heteroatoms. The van der Waals surface area contributed by atoms with Crippen LogP contribution in [-0.4, -0.2) is 50.1 Å². The van der Waals surface area contributed by atoms with Gasteiger partial charge in [0, 0.05) is 25.3 Å². The minimum absolute atomic E-state index is 0.890. The van der Waals surface area contributed by atoms with Crippen LogP contribution in [0.4, 0.5) is 5.69 Å². The van der Waals surface area contributed by atoms with Crippen molar-refractivity contribution in [3.05, 3.63) is 29.8 Å². The van der Waals surface area contributed by atoms with Crippen molar-refractivity contribution in [3.63, 3.8) is 0 Å². The molecule has 114 valence electrons. The van der Waals surface area contributed by atoms with Gasteiger partial charge in [-0.3, -0.25) is 4.99 Å². The van der Waals surface area contributed by atoms with Gasteiger partial charge < -0.3 is 15.1 Å². The summed E-state index contributed by atoms with van der Waals surface area (Å²) >= 11 is 0. The standard InChI is InChI=1S/C17H26N4/c1-2-18-17(19-10-14-20-11-5-6-12-20)21-13-9-15-7-3-4-8-16(15)21/h3-4,7-8H,2,5-6,9-14H2,1H3,(H,18,19). The number of anilines is 1. The highest BCUT2D eigenvalue weighted by Crippen LogP contribution is 2.27. The molecule has 1 aromatic carbocycles. The van der Waals surface area contributed by atoms with E-state index >= 15 is 0 Å². The maximum Gasteiger partial charge on any atom is 0.198 e. The second-order valence-corrected chi connectivity index (χ2v) is 5.81. The molecule has 0 atom stereocenters. The quantitative estimate of drug-likeness (QED) is 0.679. The smallest absolute Gasteiger partial charge is 0.198 e. The third-order valence-corrected chi connectivity index (χ3v) is 4.35. The fourth-order valence-corrected chi connectivity index (χ4v) is 3.26. The number of fused-ring (bicyclic) bond motifs is 1. The zero-order valence-corrected chi connectivity index (χ0v) is 13.0. The van der Waals surface area contributed by atoms with Crippen molar-refractivity contribution in [1.82, 2.24) is 10.2 Å². The highest BCUT2D eigenvalue weighted by atomic mass is 15.3. The number of rotatable bonds is 4. The Kier molecular flexibility index (Phi) is 4.76. The molecule has 2 aliphatic heterocycles. The Labute approximate surface area is 127 Å². The number of aliphatic imine (C=N–C) groups is 1. The molecule has 3 rings (SSSR count). The van der Waals surface area contributed by atoms with Crippen LogP contribution in [-0.2, 0) is 6.42 Å². The lowest BCUT2D eigenvalue weighted by molar-refractivity contribution is 0.349. The predicted octanol–water partition coefficient (Wildman–Crippen LogP) is 2.11. The van der Waals surface area contributed by atoms with Crippen molar-refractivity contribution >= 4 is 11.6 Å². The zero-order valence-electron chi connectivity index (χ0n) is 13.0. The lowest BCUT2D eigenvalue weighted by Crippen LogP contribution is -2.41. The largest absolute Gasteiger partial charge is 0.356 e. The van der Waals surface area contributed by atoms with E-state index in [4.69, 9.17) is 4.99 Å². The van der Waals surface area contributed by atoms with Crippen LogP contribution in [0.15, 0.2) is 29.3 Å². The first-order chi connectivity index (χ1) is 10.4. The van der Waals surface area contributed by atoms with Gasteiger partial charge in [-0.1, -0.05) is 18.2 Å². The molecular weight excluding hydrogens is 260 g/mol. The van der Waals surface area contributed by atoms with Gasteiger partial charge in [-0.05, 0) is 50.9 Å². The van der Waals surface area contributed by atoms with Gasteiger partial charge in [0.1, 0.15) is 0 Å². The summed E-state index contributed by atoms with van der Waals surface area (Å²) in [5, 5.41) is 3.45. The van der Waals surface area contributed by atoms with Crippen molar-refractivity contribution in [2.45, 2.75) is 26.2 Å². The normalized spacial score (nSPS) is 19.1. The number of guanidine groups is 1. The molecule has 0 aromatic heterocycles. The molecule has 4 nitrogen and oxygen atoms in total. The van der Waals surface area contributed by atoms with Crippen LogP contribution >= 0.6 is 0 Å². The molecule has 2 heterocycles. The van der Waals surface area contributed by atoms with Crippen LogP contribution in [0.2, 0.25) is 0 Å². The molecule has 1 N–H and O–H groups in total. The van der Waals surface area contributed by atoms with Crippen LogP contribution < -0.4 is 10.2 Å². The third kappa shape index (κ3) is 3.38. The number of hydrogen-bond acceptors (Lipinski definition) is 2. The number of para-hydroxylation sites is 1. The molecule has 0 aliphatic carbocycles. The molecule has 21 heavy (non-hydrogen) atoms. The van der Waals surface area contributed by atoms with Gasteiger partial charge in [-0.15, -0.1) is 0 Å². The maximum atomic E-state index is 4.85. The number of likely N-dealkylation sites (tertiary alicyclic amines) is 1. The van der Waals surface area contributed by atoms with Crippen LogP contribution in [0.5, 0.6) is 0 Å². The fraction of sp³-hybridized carbons (Fsp3) is 0.588. The lowest BCUT2D eigenvalue weighted by atomic mass is 10.2. The fourth-order valence-electron chi connectivity index (χ4n) is 3.26. The zero-order chi connectivity index (χ0) is 14.5. The minimum Gasteiger partial charge on any atom is -0.356 e. The summed E-state index contributed by atoms with van der Waals surface area (Å²) in [4.78, 5) is 9.70. The molecule has 2 aliphatic rings. The average molecular weight is 286 g/mol. The van der Waals surface area contributed by atoms with Gasteiger partial charge in [-0.25, -0.2) is 0 Å². The average Bonchev–Trinajstić information content (AvgIpc) is 3.16. The van der Waals surface area contributed by atoms with E-state index in [0.717, 1.165) is 38.6 Å². The van der Waals surface area contributed by atoms with Crippen molar-refractivity contribution < 1.29 is 0 Å². The summed E-state index contributed by atoms with van der Waals surface area (Å²) in [6.45, 7) is 8.57. The van der Waals surface area contributed by atoms with E-state index in [1.807, 2.05) is 0 Å². The van der Waals surface area contributed by atoms with Gasteiger partial charge in [-0.2, -0.15) is 0 Å². The third-order valence-electron chi connectivity index (χ3n) is 4.35. The van der Waals surface area contributed by atoms with Gasteiger partial charge in [0.2, 0.25) is 0 Å². The van der Waals surface area contributed by atoms with Gasteiger partial charge >= 0.3 is 0 Å². The molecule has 0 bridgehead atoms. The topological polar surface area (TPSA) is 30.9 Å². The summed E-state index contributed by atoms with van der Waals surface area (Å²) in [6, 6.07) is 8.67. The summed E-state index contributed by atoms with van der Waals surface area (Å²) < 4.78 is 0. The summed E-state index contributed by atoms with van der Waals surface area (Å²) in [6.07, 6.45) is 3.82. The van der Waals surface area contributed by atoms with E-state index in [-0.39, 0.29) is 0 Å². The SMILES string of the molecule is CCNC(=NCCN1CCCC1)N1CCc2ccccc21. The first-order valence-corrected chi connectivity index (χ1v) is 8.24. The monoisotopic (exact) mass is 286 g/mol. The Morgan fingerprint density at radius 3 is 2.81 bits per heavy atom. The van der Waals surface area contributed by atoms with E-state index in [9.17, 15) is 0 Å². The summed E-state index contributed by atoms with van der Waals surface area (Å²) in [5.41, 5.74) is 2.75. The van der Waals surface area contributed by atoms with Crippen molar-refractivity contribution in [3.8, 4) is 0 Å². The van der Waals surface area contributed by atoms with Crippen molar-refractivity contribution in [1.29, 1.82) is 0 Å². The first kappa shape index (κ1) is 14.4. The van der Waals surface area contributed by atoms with E-state index in [2.05, 4.69) is 46.3 Å². The number of nitrogens with one attached hydrogen (secondary N) is 1. The Morgan fingerprint density at radius 2 is 2.00 bits per heavy atom. The lowest BCUT2D eigenvalue weighted by Gasteiger charge is -2.22. The first-order valence-electron chi connectivity index (χ1n) is 8.24. The highest BCUT2D eigenvalue weighted by Gasteiger charge is 2.22. The molecule has 0 spiro atoms. The van der Waals surface area contributed by atoms with Crippen molar-refractivity contribution in [2.75, 3.05) is 44.2 Å².